The lowest BCUT2D eigenvalue weighted by Gasteiger charge is -2.28. The number of sulfone groups is 1. The van der Waals surface area contributed by atoms with E-state index in [-0.39, 0.29) is 30.4 Å². The van der Waals surface area contributed by atoms with Crippen LogP contribution in [0.2, 0.25) is 0 Å². The van der Waals surface area contributed by atoms with E-state index >= 15 is 0 Å². The Balaban J connectivity index is 1.66. The summed E-state index contributed by atoms with van der Waals surface area (Å²) in [7, 11) is -3.16. The minimum absolute atomic E-state index is 0.0497. The number of amides is 1. The van der Waals surface area contributed by atoms with Crippen molar-refractivity contribution >= 4 is 21.7 Å². The van der Waals surface area contributed by atoms with Crippen molar-refractivity contribution in [3.63, 3.8) is 0 Å². The maximum absolute atomic E-state index is 12.7. The van der Waals surface area contributed by atoms with Gasteiger partial charge in [0.2, 0.25) is 5.76 Å². The van der Waals surface area contributed by atoms with Crippen LogP contribution in [0.25, 0.3) is 0 Å². The van der Waals surface area contributed by atoms with Crippen LogP contribution in [0.4, 0.5) is 0 Å². The third kappa shape index (κ3) is 5.22. The van der Waals surface area contributed by atoms with Crippen LogP contribution in [0, 0.1) is 0 Å². The van der Waals surface area contributed by atoms with Crippen LogP contribution >= 0.6 is 0 Å². The third-order valence-electron chi connectivity index (χ3n) is 4.34. The lowest BCUT2D eigenvalue weighted by atomic mass is 10.1. The highest BCUT2D eigenvalue weighted by atomic mass is 32.2. The molecule has 0 bridgehead atoms. The standard InChI is InChI=1S/C18H21NO7S/c20-17(12-26-18(21)16-11-24-7-8-25-16)19(10-14-4-2-1-3-5-14)15-6-9-27(22,23)13-15/h1-5,11,15H,6-10,12-13H2/t15-/m1/s1. The molecule has 0 radical (unpaired) electrons. The Bertz CT molecular complexity index is 819. The van der Waals surface area contributed by atoms with E-state index in [4.69, 9.17) is 14.2 Å². The van der Waals surface area contributed by atoms with Gasteiger partial charge in [-0.2, -0.15) is 0 Å². The Morgan fingerprint density at radius 1 is 1.19 bits per heavy atom. The number of carbonyl (C=O) groups is 2. The summed E-state index contributed by atoms with van der Waals surface area (Å²) in [4.78, 5) is 26.1. The Hall–Kier alpha value is -2.55. The first kappa shape index (κ1) is 19.2. The molecule has 9 heteroatoms. The molecule has 0 saturated carbocycles. The number of esters is 1. The van der Waals surface area contributed by atoms with Crippen LogP contribution in [0.3, 0.4) is 0 Å². The molecule has 0 N–H and O–H groups in total. The van der Waals surface area contributed by atoms with Gasteiger partial charge in [-0.25, -0.2) is 13.2 Å². The van der Waals surface area contributed by atoms with Crippen LogP contribution in [0.1, 0.15) is 12.0 Å². The first-order valence-corrected chi connectivity index (χ1v) is 10.4. The van der Waals surface area contributed by atoms with Gasteiger partial charge in [-0.05, 0) is 12.0 Å². The van der Waals surface area contributed by atoms with Gasteiger partial charge >= 0.3 is 5.97 Å². The molecule has 1 saturated heterocycles. The molecule has 1 fully saturated rings. The van der Waals surface area contributed by atoms with Crippen LogP contribution in [-0.4, -0.2) is 62.6 Å². The highest BCUT2D eigenvalue weighted by molar-refractivity contribution is 7.91. The molecule has 1 amide bonds. The smallest absolute Gasteiger partial charge is 0.377 e. The van der Waals surface area contributed by atoms with Crippen molar-refractivity contribution < 1.29 is 32.2 Å². The van der Waals surface area contributed by atoms with Crippen molar-refractivity contribution in [1.82, 2.24) is 4.90 Å². The van der Waals surface area contributed by atoms with Gasteiger partial charge in [0.1, 0.15) is 19.5 Å². The second-order valence-corrected chi connectivity index (χ2v) is 8.57. The van der Waals surface area contributed by atoms with Crippen LogP contribution < -0.4 is 0 Å². The van der Waals surface area contributed by atoms with Gasteiger partial charge < -0.3 is 19.1 Å². The van der Waals surface area contributed by atoms with Crippen molar-refractivity contribution in [2.75, 3.05) is 31.3 Å². The predicted octanol–water partition coefficient (Wildman–Crippen LogP) is 0.634. The molecule has 0 aromatic heterocycles. The van der Waals surface area contributed by atoms with Crippen LogP contribution in [0.15, 0.2) is 42.4 Å². The van der Waals surface area contributed by atoms with Gasteiger partial charge in [-0.3, -0.25) is 4.79 Å². The molecule has 0 spiro atoms. The second kappa shape index (κ2) is 8.43. The average Bonchev–Trinajstić information content (AvgIpc) is 3.05. The lowest BCUT2D eigenvalue weighted by Crippen LogP contribution is -2.43. The third-order valence-corrected chi connectivity index (χ3v) is 6.09. The summed E-state index contributed by atoms with van der Waals surface area (Å²) >= 11 is 0. The van der Waals surface area contributed by atoms with Crippen molar-refractivity contribution in [2.45, 2.75) is 19.0 Å². The normalized spacial score (nSPS) is 20.7. The number of carbonyl (C=O) groups excluding carboxylic acids is 2. The van der Waals surface area contributed by atoms with E-state index in [1.54, 1.807) is 0 Å². The molecule has 1 aromatic rings. The molecule has 3 rings (SSSR count). The zero-order chi connectivity index (χ0) is 19.3. The number of rotatable bonds is 6. The van der Waals surface area contributed by atoms with Crippen LogP contribution in [0.5, 0.6) is 0 Å². The van der Waals surface area contributed by atoms with E-state index < -0.39 is 34.4 Å². The minimum Gasteiger partial charge on any atom is -0.493 e. The highest BCUT2D eigenvalue weighted by Gasteiger charge is 2.35. The van der Waals surface area contributed by atoms with Gasteiger partial charge in [-0.1, -0.05) is 30.3 Å². The molecule has 2 aliphatic rings. The van der Waals surface area contributed by atoms with Gasteiger partial charge in [-0.15, -0.1) is 0 Å². The van der Waals surface area contributed by atoms with Crippen molar-refractivity contribution in [3.05, 3.63) is 47.9 Å². The molecule has 2 aliphatic heterocycles. The molecule has 2 heterocycles. The zero-order valence-corrected chi connectivity index (χ0v) is 15.5. The fraction of sp³-hybridized carbons (Fsp3) is 0.444. The number of nitrogens with zero attached hydrogens (tertiary/aromatic N) is 1. The average molecular weight is 395 g/mol. The van der Waals surface area contributed by atoms with E-state index in [9.17, 15) is 18.0 Å². The highest BCUT2D eigenvalue weighted by Crippen LogP contribution is 2.20. The molecule has 1 aromatic carbocycles. The Morgan fingerprint density at radius 3 is 2.59 bits per heavy atom. The summed E-state index contributed by atoms with van der Waals surface area (Å²) in [5, 5.41) is 0. The monoisotopic (exact) mass is 395 g/mol. The zero-order valence-electron chi connectivity index (χ0n) is 14.7. The first-order valence-electron chi connectivity index (χ1n) is 8.60. The first-order chi connectivity index (χ1) is 12.9. The van der Waals surface area contributed by atoms with Crippen molar-refractivity contribution in [3.8, 4) is 0 Å². The SMILES string of the molecule is O=C(OCC(=O)N(Cc1ccccc1)[C@@H]1CCS(=O)(=O)C1)C1=COCCO1. The number of benzene rings is 1. The van der Waals surface area contributed by atoms with Crippen molar-refractivity contribution in [1.29, 1.82) is 0 Å². The molecule has 8 nitrogen and oxygen atoms in total. The van der Waals surface area contributed by atoms with Gasteiger partial charge in [0.25, 0.3) is 5.91 Å². The van der Waals surface area contributed by atoms with E-state index in [0.717, 1.165) is 11.8 Å². The quantitative estimate of drug-likeness (QED) is 0.652. The summed E-state index contributed by atoms with van der Waals surface area (Å²) in [6.45, 7) is 0.328. The van der Waals surface area contributed by atoms with E-state index in [1.807, 2.05) is 30.3 Å². The fourth-order valence-electron chi connectivity index (χ4n) is 2.98. The molecule has 1 atom stereocenters. The molecule has 0 aliphatic carbocycles. The fourth-order valence-corrected chi connectivity index (χ4v) is 4.71. The maximum atomic E-state index is 12.7. The minimum atomic E-state index is -3.16. The summed E-state index contributed by atoms with van der Waals surface area (Å²) in [6.07, 6.45) is 1.53. The summed E-state index contributed by atoms with van der Waals surface area (Å²) < 4.78 is 38.8. The number of ether oxygens (including phenoxy) is 3. The molecule has 0 unspecified atom stereocenters. The summed E-state index contributed by atoms with van der Waals surface area (Å²) in [5.41, 5.74) is 0.869. The van der Waals surface area contributed by atoms with Crippen LogP contribution in [-0.2, 0) is 40.2 Å². The van der Waals surface area contributed by atoms with Gasteiger partial charge in [0, 0.05) is 12.6 Å². The Labute approximate surface area is 157 Å². The van der Waals surface area contributed by atoms with E-state index in [1.165, 1.54) is 4.90 Å². The Morgan fingerprint density at radius 2 is 1.96 bits per heavy atom. The number of hydrogen-bond acceptors (Lipinski definition) is 7. The molecule has 27 heavy (non-hydrogen) atoms. The molecule has 146 valence electrons. The Kier molecular flexibility index (Phi) is 6.00. The number of hydrogen-bond donors (Lipinski definition) is 0. The molecular weight excluding hydrogens is 374 g/mol. The maximum Gasteiger partial charge on any atom is 0.377 e. The van der Waals surface area contributed by atoms with Gasteiger partial charge in [0.15, 0.2) is 16.4 Å². The molecular formula is C18H21NO7S. The second-order valence-electron chi connectivity index (χ2n) is 6.34. The summed E-state index contributed by atoms with van der Waals surface area (Å²) in [6, 6.07) is 8.82. The van der Waals surface area contributed by atoms with E-state index in [0.29, 0.717) is 13.0 Å². The lowest BCUT2D eigenvalue weighted by molar-refractivity contribution is -0.153. The largest absolute Gasteiger partial charge is 0.493 e. The van der Waals surface area contributed by atoms with Crippen molar-refractivity contribution in [2.24, 2.45) is 0 Å². The predicted molar refractivity (Wildman–Crippen MR) is 95.0 cm³/mol. The van der Waals surface area contributed by atoms with E-state index in [2.05, 4.69) is 0 Å². The topological polar surface area (TPSA) is 99.2 Å². The van der Waals surface area contributed by atoms with Gasteiger partial charge in [0.05, 0.1) is 11.5 Å². The summed E-state index contributed by atoms with van der Waals surface area (Å²) in [5.74, 6) is -1.36.